The minimum Gasteiger partial charge on any atom is -0.351 e. The fourth-order valence-corrected chi connectivity index (χ4v) is 3.96. The molecular formula is C11H16ClN3O3S. The Morgan fingerprint density at radius 2 is 2.21 bits per heavy atom. The summed E-state index contributed by atoms with van der Waals surface area (Å²) in [4.78, 5) is 11.8. The monoisotopic (exact) mass is 305 g/mol. The first kappa shape index (κ1) is 14.3. The summed E-state index contributed by atoms with van der Waals surface area (Å²) in [6.07, 6.45) is 0.478. The first-order valence-corrected chi connectivity index (χ1v) is 8.18. The third kappa shape index (κ3) is 3.27. The van der Waals surface area contributed by atoms with Crippen molar-refractivity contribution in [2.24, 2.45) is 0 Å². The van der Waals surface area contributed by atoms with Crippen molar-refractivity contribution in [3.05, 3.63) is 16.4 Å². The molecule has 106 valence electrons. The Hall–Kier alpha value is -1.08. The molecule has 6 nitrogen and oxygen atoms in total. The lowest BCUT2D eigenvalue weighted by Crippen LogP contribution is -2.38. The number of carbonyl (C=O) groups is 1. The first-order valence-electron chi connectivity index (χ1n) is 5.98. The number of amides is 1. The van der Waals surface area contributed by atoms with Gasteiger partial charge in [0.05, 0.1) is 27.9 Å². The van der Waals surface area contributed by atoms with Crippen molar-refractivity contribution in [2.75, 3.05) is 11.5 Å². The number of sulfone groups is 1. The standard InChI is InChI=1S/C11H16ClN3O3S/c1-7-11(12)8(2)15(14-7)5-10(16)13-9-3-4-19(17,18)6-9/h9H,3-6H2,1-2H3,(H,13,16)/t9-/m0/s1. The van der Waals surface area contributed by atoms with Gasteiger partial charge in [-0.15, -0.1) is 0 Å². The topological polar surface area (TPSA) is 81.1 Å². The van der Waals surface area contributed by atoms with Gasteiger partial charge in [-0.05, 0) is 20.3 Å². The number of hydrogen-bond donors (Lipinski definition) is 1. The predicted octanol–water partition coefficient (Wildman–Crippen LogP) is 0.457. The van der Waals surface area contributed by atoms with Gasteiger partial charge in [0.1, 0.15) is 6.54 Å². The van der Waals surface area contributed by atoms with Crippen LogP contribution in [0.2, 0.25) is 5.02 Å². The van der Waals surface area contributed by atoms with Gasteiger partial charge in [-0.1, -0.05) is 11.6 Å². The van der Waals surface area contributed by atoms with Crippen LogP contribution in [0, 0.1) is 13.8 Å². The van der Waals surface area contributed by atoms with Crippen LogP contribution in [0.1, 0.15) is 17.8 Å². The zero-order valence-corrected chi connectivity index (χ0v) is 12.4. The van der Waals surface area contributed by atoms with E-state index in [4.69, 9.17) is 11.6 Å². The summed E-state index contributed by atoms with van der Waals surface area (Å²) in [5.74, 6) is -0.0790. The van der Waals surface area contributed by atoms with Crippen molar-refractivity contribution in [3.8, 4) is 0 Å². The Kier molecular flexibility index (Phi) is 3.87. The lowest BCUT2D eigenvalue weighted by atomic mass is 10.2. The minimum absolute atomic E-state index is 0.0244. The summed E-state index contributed by atoms with van der Waals surface area (Å²) in [6.45, 7) is 3.61. The number of aromatic nitrogens is 2. The average Bonchev–Trinajstić information content (AvgIpc) is 2.75. The van der Waals surface area contributed by atoms with E-state index in [9.17, 15) is 13.2 Å². The number of rotatable bonds is 3. The third-order valence-electron chi connectivity index (χ3n) is 3.18. The highest BCUT2D eigenvalue weighted by Gasteiger charge is 2.29. The molecule has 1 amide bonds. The molecule has 0 saturated carbocycles. The minimum atomic E-state index is -2.98. The number of hydrogen-bond acceptors (Lipinski definition) is 4. The smallest absolute Gasteiger partial charge is 0.241 e. The summed E-state index contributed by atoms with van der Waals surface area (Å²) < 4.78 is 24.1. The van der Waals surface area contributed by atoms with Crippen molar-refractivity contribution < 1.29 is 13.2 Å². The van der Waals surface area contributed by atoms with E-state index in [1.165, 1.54) is 4.68 Å². The maximum Gasteiger partial charge on any atom is 0.241 e. The molecule has 2 heterocycles. The van der Waals surface area contributed by atoms with Crippen LogP contribution in [0.15, 0.2) is 0 Å². The third-order valence-corrected chi connectivity index (χ3v) is 5.50. The maximum atomic E-state index is 11.8. The van der Waals surface area contributed by atoms with Crippen LogP contribution in [0.5, 0.6) is 0 Å². The SMILES string of the molecule is Cc1nn(CC(=O)N[C@H]2CCS(=O)(=O)C2)c(C)c1Cl. The van der Waals surface area contributed by atoms with Gasteiger partial charge in [-0.25, -0.2) is 8.42 Å². The summed E-state index contributed by atoms with van der Waals surface area (Å²) >= 11 is 6.00. The lowest BCUT2D eigenvalue weighted by Gasteiger charge is -2.11. The molecule has 1 saturated heterocycles. The lowest BCUT2D eigenvalue weighted by molar-refractivity contribution is -0.122. The van der Waals surface area contributed by atoms with Crippen molar-refractivity contribution in [2.45, 2.75) is 32.9 Å². The average molecular weight is 306 g/mol. The molecule has 1 N–H and O–H groups in total. The molecule has 0 aromatic carbocycles. The number of aryl methyl sites for hydroxylation is 1. The van der Waals surface area contributed by atoms with Gasteiger partial charge >= 0.3 is 0 Å². The number of nitrogens with zero attached hydrogens (tertiary/aromatic N) is 2. The van der Waals surface area contributed by atoms with E-state index in [0.29, 0.717) is 17.1 Å². The zero-order chi connectivity index (χ0) is 14.2. The number of carbonyl (C=O) groups excluding carboxylic acids is 1. The van der Waals surface area contributed by atoms with Gasteiger partial charge in [-0.3, -0.25) is 9.48 Å². The van der Waals surface area contributed by atoms with Crippen LogP contribution >= 0.6 is 11.6 Å². The molecule has 1 aromatic rings. The summed E-state index contributed by atoms with van der Waals surface area (Å²) in [6, 6.07) is -0.287. The molecular weight excluding hydrogens is 290 g/mol. The summed E-state index contributed by atoms with van der Waals surface area (Å²) in [5.41, 5.74) is 1.41. The molecule has 0 unspecified atom stereocenters. The van der Waals surface area contributed by atoms with Crippen molar-refractivity contribution in [1.82, 2.24) is 15.1 Å². The van der Waals surface area contributed by atoms with Gasteiger partial charge in [0.25, 0.3) is 0 Å². The molecule has 2 rings (SSSR count). The Balaban J connectivity index is 1.97. The van der Waals surface area contributed by atoms with E-state index in [1.54, 1.807) is 13.8 Å². The first-order chi connectivity index (χ1) is 8.78. The molecule has 0 aliphatic carbocycles. The van der Waals surface area contributed by atoms with Gasteiger partial charge < -0.3 is 5.32 Å². The Morgan fingerprint density at radius 1 is 1.53 bits per heavy atom. The largest absolute Gasteiger partial charge is 0.351 e. The Morgan fingerprint density at radius 3 is 2.68 bits per heavy atom. The summed E-state index contributed by atoms with van der Waals surface area (Å²) in [5, 5.41) is 7.43. The molecule has 8 heteroatoms. The second-order valence-electron chi connectivity index (χ2n) is 4.81. The second kappa shape index (κ2) is 5.13. The highest BCUT2D eigenvalue weighted by molar-refractivity contribution is 7.91. The fraction of sp³-hybridized carbons (Fsp3) is 0.636. The predicted molar refractivity (Wildman–Crippen MR) is 71.9 cm³/mol. The van der Waals surface area contributed by atoms with Crippen molar-refractivity contribution >= 4 is 27.3 Å². The van der Waals surface area contributed by atoms with E-state index in [1.807, 2.05) is 0 Å². The normalized spacial score (nSPS) is 21.5. The Bertz CT molecular complexity index is 609. The summed E-state index contributed by atoms with van der Waals surface area (Å²) in [7, 11) is -2.98. The van der Waals surface area contributed by atoms with Crippen LogP contribution in [0.25, 0.3) is 0 Å². The van der Waals surface area contributed by atoms with E-state index in [2.05, 4.69) is 10.4 Å². The van der Waals surface area contributed by atoms with Crippen LogP contribution in [0.3, 0.4) is 0 Å². The van der Waals surface area contributed by atoms with E-state index in [-0.39, 0.29) is 30.0 Å². The van der Waals surface area contributed by atoms with E-state index < -0.39 is 9.84 Å². The van der Waals surface area contributed by atoms with Crippen LogP contribution in [0.4, 0.5) is 0 Å². The van der Waals surface area contributed by atoms with E-state index in [0.717, 1.165) is 5.69 Å². The molecule has 0 radical (unpaired) electrons. The van der Waals surface area contributed by atoms with Crippen LogP contribution in [-0.4, -0.2) is 41.7 Å². The Labute approximate surface area is 117 Å². The van der Waals surface area contributed by atoms with Gasteiger partial charge in [0.15, 0.2) is 9.84 Å². The maximum absolute atomic E-state index is 11.8. The molecule has 1 aliphatic rings. The highest BCUT2D eigenvalue weighted by atomic mass is 35.5. The molecule has 1 aliphatic heterocycles. The van der Waals surface area contributed by atoms with Gasteiger partial charge in [0, 0.05) is 6.04 Å². The van der Waals surface area contributed by atoms with Gasteiger partial charge in [-0.2, -0.15) is 5.10 Å². The fourth-order valence-electron chi connectivity index (χ4n) is 2.15. The van der Waals surface area contributed by atoms with Crippen LogP contribution < -0.4 is 5.32 Å². The van der Waals surface area contributed by atoms with E-state index >= 15 is 0 Å². The quantitative estimate of drug-likeness (QED) is 0.879. The zero-order valence-electron chi connectivity index (χ0n) is 10.8. The highest BCUT2D eigenvalue weighted by Crippen LogP contribution is 2.18. The van der Waals surface area contributed by atoms with Crippen LogP contribution in [-0.2, 0) is 21.2 Å². The number of nitrogens with one attached hydrogen (secondary N) is 1. The van der Waals surface area contributed by atoms with Crippen molar-refractivity contribution in [3.63, 3.8) is 0 Å². The molecule has 1 atom stereocenters. The molecule has 0 bridgehead atoms. The molecule has 19 heavy (non-hydrogen) atoms. The molecule has 1 aromatic heterocycles. The van der Waals surface area contributed by atoms with Crippen molar-refractivity contribution in [1.29, 1.82) is 0 Å². The molecule has 1 fully saturated rings. The number of halogens is 1. The molecule has 0 spiro atoms. The van der Waals surface area contributed by atoms with Gasteiger partial charge in [0.2, 0.25) is 5.91 Å². The second-order valence-corrected chi connectivity index (χ2v) is 7.42.